The zero-order valence-corrected chi connectivity index (χ0v) is 33.0. The number of nitrogens with zero attached hydrogens (tertiary/aromatic N) is 4. The number of nitrogens with one attached hydrogen (secondary N) is 1. The molecule has 3 aromatic carbocycles. The Morgan fingerprint density at radius 3 is 1.93 bits per heavy atom. The van der Waals surface area contributed by atoms with Crippen molar-refractivity contribution in [2.45, 2.75) is 56.8 Å². The van der Waals surface area contributed by atoms with E-state index < -0.39 is 92.9 Å². The van der Waals surface area contributed by atoms with Gasteiger partial charge in [-0.3, -0.25) is 19.3 Å². The van der Waals surface area contributed by atoms with Crippen LogP contribution >= 0.6 is 11.5 Å². The maximum absolute atomic E-state index is 14.2. The van der Waals surface area contributed by atoms with E-state index in [1.807, 2.05) is 54.6 Å². The SMILES string of the molecule is CC(C)(C)C(=O)OCOC(=O)C1=C(OS(=O)(=O)C(F)(F)F)CCC2C(NC(=O)/C(=N/OC(c3ccccc3)(c3ccccc3)c3ccccc3)c3nsc(N)n3)C(=O)N12. The Bertz CT molecular complexity index is 2310. The number of amides is 2. The molecule has 16 nitrogen and oxygen atoms in total. The van der Waals surface area contributed by atoms with Gasteiger partial charge in [-0.25, -0.2) is 4.79 Å². The number of β-lactam (4-membered cyclic amide) rings is 1. The number of ether oxygens (including phenoxy) is 2. The summed E-state index contributed by atoms with van der Waals surface area (Å²) in [6.45, 7) is 3.46. The van der Waals surface area contributed by atoms with Crippen LogP contribution < -0.4 is 11.1 Å². The van der Waals surface area contributed by atoms with Gasteiger partial charge in [-0.2, -0.15) is 30.9 Å². The van der Waals surface area contributed by atoms with E-state index in [4.69, 9.17) is 20.0 Å². The van der Waals surface area contributed by atoms with Gasteiger partial charge in [0.15, 0.2) is 16.6 Å². The van der Waals surface area contributed by atoms with Gasteiger partial charge in [0.1, 0.15) is 6.04 Å². The Kier molecular flexibility index (Phi) is 11.8. The Morgan fingerprint density at radius 1 is 0.915 bits per heavy atom. The predicted molar refractivity (Wildman–Crippen MR) is 203 cm³/mol. The van der Waals surface area contributed by atoms with Crippen LogP contribution in [0, 0.1) is 5.41 Å². The van der Waals surface area contributed by atoms with E-state index in [-0.39, 0.29) is 17.4 Å². The summed E-state index contributed by atoms with van der Waals surface area (Å²) in [7, 11) is -6.31. The number of benzene rings is 3. The van der Waals surface area contributed by atoms with Gasteiger partial charge >= 0.3 is 27.6 Å². The molecule has 3 N–H and O–H groups in total. The number of carbonyl (C=O) groups excluding carboxylic acids is 4. The smallest absolute Gasteiger partial charge is 0.427 e. The van der Waals surface area contributed by atoms with E-state index in [2.05, 4.69) is 24.0 Å². The summed E-state index contributed by atoms with van der Waals surface area (Å²) in [5.74, 6) is -5.80. The van der Waals surface area contributed by atoms with Crippen LogP contribution in [-0.4, -0.2) is 76.5 Å². The average Bonchev–Trinajstić information content (AvgIpc) is 3.63. The number of alkyl halides is 3. The van der Waals surface area contributed by atoms with Crippen molar-refractivity contribution in [1.82, 2.24) is 19.6 Å². The number of fused-ring (bicyclic) bond motifs is 1. The van der Waals surface area contributed by atoms with Crippen molar-refractivity contribution in [1.29, 1.82) is 0 Å². The lowest BCUT2D eigenvalue weighted by Crippen LogP contribution is -2.72. The van der Waals surface area contributed by atoms with Crippen LogP contribution in [0.25, 0.3) is 0 Å². The number of oxime groups is 1. The summed E-state index contributed by atoms with van der Waals surface area (Å²) >= 11 is 0.742. The molecule has 1 aromatic heterocycles. The molecule has 2 aliphatic heterocycles. The van der Waals surface area contributed by atoms with Crippen LogP contribution in [0.5, 0.6) is 0 Å². The minimum Gasteiger partial charge on any atom is -0.427 e. The first kappa shape index (κ1) is 42.3. The third-order valence-electron chi connectivity index (χ3n) is 9.04. The van der Waals surface area contributed by atoms with Crippen molar-refractivity contribution in [2.24, 2.45) is 10.6 Å². The van der Waals surface area contributed by atoms with Crippen LogP contribution in [0.3, 0.4) is 0 Å². The van der Waals surface area contributed by atoms with E-state index in [1.165, 1.54) is 20.8 Å². The van der Waals surface area contributed by atoms with E-state index in [1.54, 1.807) is 36.4 Å². The minimum absolute atomic E-state index is 0.0399. The fraction of sp³-hybridized carbons (Fsp3) is 0.289. The van der Waals surface area contributed by atoms with Crippen LogP contribution in [0.4, 0.5) is 18.3 Å². The molecule has 4 aromatic rings. The molecule has 1 saturated heterocycles. The van der Waals surface area contributed by atoms with Crippen molar-refractivity contribution in [2.75, 3.05) is 12.5 Å². The predicted octanol–water partition coefficient (Wildman–Crippen LogP) is 4.49. The van der Waals surface area contributed by atoms with Gasteiger partial charge in [0.2, 0.25) is 23.9 Å². The molecule has 0 aliphatic carbocycles. The fourth-order valence-corrected chi connectivity index (χ4v) is 7.17. The van der Waals surface area contributed by atoms with Crippen molar-refractivity contribution in [3.63, 3.8) is 0 Å². The van der Waals surface area contributed by atoms with E-state index in [0.717, 1.165) is 11.5 Å². The number of halogens is 3. The first-order valence-corrected chi connectivity index (χ1v) is 19.8. The lowest BCUT2D eigenvalue weighted by molar-refractivity contribution is -0.174. The summed E-state index contributed by atoms with van der Waals surface area (Å²) in [4.78, 5) is 64.6. The van der Waals surface area contributed by atoms with Gasteiger partial charge < -0.3 is 29.5 Å². The standard InChI is InChI=1S/C38H35F3N6O10S2/c1-36(2,3)34(51)55-21-54-33(50)29-26(56-59(52,53)38(39,40)41)20-19-25-27(32(49)47(25)29)43-31(48)28(30-44-35(42)58-46-30)45-57-37(22-13-7-4-8-14-22,23-15-9-5-10-16-23)24-17-11-6-12-18-24/h4-18,25,27H,19-21H2,1-3H3,(H,43,48)(H2,42,44,46)/b45-28+. The largest absolute Gasteiger partial charge is 0.534 e. The maximum Gasteiger partial charge on any atom is 0.534 e. The van der Waals surface area contributed by atoms with Gasteiger partial charge in [0.25, 0.3) is 11.8 Å². The van der Waals surface area contributed by atoms with Crippen molar-refractivity contribution >= 4 is 56.2 Å². The van der Waals surface area contributed by atoms with Crippen molar-refractivity contribution < 1.29 is 59.3 Å². The third-order valence-corrected chi connectivity index (χ3v) is 10.6. The number of nitrogen functional groups attached to an aromatic ring is 1. The van der Waals surface area contributed by atoms with E-state index in [9.17, 15) is 40.8 Å². The van der Waals surface area contributed by atoms with E-state index >= 15 is 0 Å². The second kappa shape index (κ2) is 16.5. The number of nitrogens with two attached hydrogens (primary N) is 1. The number of hydrogen-bond acceptors (Lipinski definition) is 15. The highest BCUT2D eigenvalue weighted by molar-refractivity contribution is 7.87. The molecule has 0 saturated carbocycles. The third kappa shape index (κ3) is 8.60. The monoisotopic (exact) mass is 856 g/mol. The highest BCUT2D eigenvalue weighted by Crippen LogP contribution is 2.42. The summed E-state index contributed by atoms with van der Waals surface area (Å²) in [5, 5.41) is 6.79. The van der Waals surface area contributed by atoms with Crippen molar-refractivity contribution in [3.05, 3.63) is 125 Å². The average molecular weight is 857 g/mol. The second-order valence-electron chi connectivity index (χ2n) is 14.0. The molecule has 2 atom stereocenters. The number of allylic oxidation sites excluding steroid dienone is 1. The van der Waals surface area contributed by atoms with Crippen LogP contribution in [-0.2, 0) is 53.4 Å². The summed E-state index contributed by atoms with van der Waals surface area (Å²) in [6.07, 6.45) is -0.927. The Morgan fingerprint density at radius 2 is 1.46 bits per heavy atom. The number of esters is 2. The number of aromatic nitrogens is 2. The Balaban J connectivity index is 1.34. The molecule has 1 fully saturated rings. The molecule has 310 valence electrons. The lowest BCUT2D eigenvalue weighted by Gasteiger charge is -2.49. The Hall–Kier alpha value is -6.35. The van der Waals surface area contributed by atoms with Gasteiger partial charge in [0.05, 0.1) is 11.5 Å². The van der Waals surface area contributed by atoms with Crippen LogP contribution in [0.15, 0.2) is 108 Å². The van der Waals surface area contributed by atoms with Gasteiger partial charge in [-0.1, -0.05) is 96.2 Å². The second-order valence-corrected chi connectivity index (χ2v) is 16.3. The molecule has 0 bridgehead atoms. The zero-order chi connectivity index (χ0) is 42.8. The highest BCUT2D eigenvalue weighted by Gasteiger charge is 2.57. The fourth-order valence-electron chi connectivity index (χ4n) is 6.22. The quantitative estimate of drug-likeness (QED) is 0.0277. The van der Waals surface area contributed by atoms with Gasteiger partial charge in [-0.05, 0) is 27.2 Å². The highest BCUT2D eigenvalue weighted by atomic mass is 32.2. The molecule has 3 heterocycles. The number of hydrogen-bond donors (Lipinski definition) is 2. The summed E-state index contributed by atoms with van der Waals surface area (Å²) in [6, 6.07) is 24.5. The molecule has 0 radical (unpaired) electrons. The molecular formula is C38H35F3N6O10S2. The molecule has 2 amide bonds. The molecule has 0 spiro atoms. The normalized spacial score (nSPS) is 17.4. The maximum atomic E-state index is 14.2. The molecule has 2 aliphatic rings. The zero-order valence-electron chi connectivity index (χ0n) is 31.3. The topological polar surface area (TPSA) is 219 Å². The van der Waals surface area contributed by atoms with Crippen LogP contribution in [0.2, 0.25) is 0 Å². The summed E-state index contributed by atoms with van der Waals surface area (Å²) in [5.41, 5.74) is -2.21. The van der Waals surface area contributed by atoms with Gasteiger partial charge in [-0.15, -0.1) is 0 Å². The lowest BCUT2D eigenvalue weighted by atomic mass is 9.80. The van der Waals surface area contributed by atoms with E-state index in [0.29, 0.717) is 21.6 Å². The van der Waals surface area contributed by atoms with Crippen LogP contribution in [0.1, 0.15) is 56.1 Å². The first-order valence-electron chi connectivity index (χ1n) is 17.6. The number of carbonyl (C=O) groups is 4. The number of anilines is 1. The molecular weight excluding hydrogens is 822 g/mol. The Labute approximate surface area is 339 Å². The molecule has 21 heteroatoms. The van der Waals surface area contributed by atoms with Gasteiger partial charge in [0, 0.05) is 34.6 Å². The molecule has 6 rings (SSSR count). The minimum atomic E-state index is -6.31. The molecule has 59 heavy (non-hydrogen) atoms. The first-order chi connectivity index (χ1) is 27.8. The summed E-state index contributed by atoms with van der Waals surface area (Å²) < 4.78 is 82.4. The number of rotatable bonds is 13. The molecule has 2 unspecified atom stereocenters. The van der Waals surface area contributed by atoms with Crippen molar-refractivity contribution in [3.8, 4) is 0 Å².